The van der Waals surface area contributed by atoms with E-state index in [1.54, 1.807) is 17.0 Å². The Kier molecular flexibility index (Phi) is 6.39. The second-order valence-electron chi connectivity index (χ2n) is 6.70. The molecular weight excluding hydrogens is 404 g/mol. The summed E-state index contributed by atoms with van der Waals surface area (Å²) in [6.07, 6.45) is 0. The summed E-state index contributed by atoms with van der Waals surface area (Å²) in [7, 11) is 1.42. The van der Waals surface area contributed by atoms with Crippen molar-refractivity contribution < 1.29 is 18.4 Å². The molecule has 0 aliphatic carbocycles. The second kappa shape index (κ2) is 8.79. The lowest BCUT2D eigenvalue weighted by molar-refractivity contribution is -0.133. The van der Waals surface area contributed by atoms with Gasteiger partial charge in [-0.1, -0.05) is 11.6 Å². The van der Waals surface area contributed by atoms with Crippen LogP contribution in [0.1, 0.15) is 29.0 Å². The molecule has 0 saturated carbocycles. The fraction of sp³-hybridized carbons (Fsp3) is 0.368. The van der Waals surface area contributed by atoms with Crippen LogP contribution in [-0.2, 0) is 4.79 Å². The summed E-state index contributed by atoms with van der Waals surface area (Å²) in [5, 5.41) is 5.60. The van der Waals surface area contributed by atoms with E-state index in [1.807, 2.05) is 0 Å². The predicted molar refractivity (Wildman–Crippen MR) is 104 cm³/mol. The van der Waals surface area contributed by atoms with Crippen LogP contribution >= 0.6 is 11.6 Å². The Labute approximate surface area is 171 Å². The van der Waals surface area contributed by atoms with Gasteiger partial charge in [0, 0.05) is 38.7 Å². The van der Waals surface area contributed by atoms with Crippen LogP contribution in [0, 0.1) is 5.95 Å². The van der Waals surface area contributed by atoms with Crippen molar-refractivity contribution in [1.29, 1.82) is 0 Å². The van der Waals surface area contributed by atoms with Gasteiger partial charge < -0.3 is 15.5 Å². The molecule has 2 unspecified atom stereocenters. The summed E-state index contributed by atoms with van der Waals surface area (Å²) in [6, 6.07) is 5.02. The van der Waals surface area contributed by atoms with Crippen LogP contribution in [0.2, 0.25) is 5.15 Å². The average Bonchev–Trinajstić information content (AvgIpc) is 2.71. The van der Waals surface area contributed by atoms with Crippen molar-refractivity contribution in [2.24, 2.45) is 0 Å². The molecule has 154 valence electrons. The van der Waals surface area contributed by atoms with Crippen molar-refractivity contribution >= 4 is 23.4 Å². The maximum atomic E-state index is 14.0. The maximum absolute atomic E-state index is 14.0. The number of aromatic nitrogens is 2. The molecule has 7 nitrogen and oxygen atoms in total. The zero-order chi connectivity index (χ0) is 21.1. The van der Waals surface area contributed by atoms with Crippen LogP contribution in [0.5, 0.6) is 0 Å². The number of rotatable bonds is 4. The summed E-state index contributed by atoms with van der Waals surface area (Å²) < 4.78 is 27.0. The van der Waals surface area contributed by atoms with Gasteiger partial charge in [-0.15, -0.1) is 0 Å². The first-order valence-corrected chi connectivity index (χ1v) is 9.34. The number of carbonyl (C=O) groups is 2. The zero-order valence-electron chi connectivity index (χ0n) is 15.9. The van der Waals surface area contributed by atoms with E-state index in [9.17, 15) is 18.4 Å². The number of carbonyl (C=O) groups excluding carboxylic acids is 2. The lowest BCUT2D eigenvalue weighted by Crippen LogP contribution is -2.54. The van der Waals surface area contributed by atoms with Gasteiger partial charge in [0.05, 0.1) is 17.8 Å². The summed E-state index contributed by atoms with van der Waals surface area (Å²) in [5.41, 5.74) is 1.22. The van der Waals surface area contributed by atoms with Crippen molar-refractivity contribution in [2.45, 2.75) is 19.0 Å². The van der Waals surface area contributed by atoms with Gasteiger partial charge in [-0.3, -0.25) is 9.59 Å². The van der Waals surface area contributed by atoms with Crippen LogP contribution < -0.4 is 10.6 Å². The first-order valence-electron chi connectivity index (χ1n) is 8.96. The molecule has 29 heavy (non-hydrogen) atoms. The highest BCUT2D eigenvalue weighted by molar-refractivity contribution is 6.29. The molecule has 1 aliphatic heterocycles. The van der Waals surface area contributed by atoms with Crippen LogP contribution in [-0.4, -0.2) is 59.5 Å². The molecule has 0 spiro atoms. The zero-order valence-corrected chi connectivity index (χ0v) is 16.6. The molecule has 2 aromatic rings. The van der Waals surface area contributed by atoms with Crippen LogP contribution in [0.15, 0.2) is 24.3 Å². The molecule has 1 fully saturated rings. The second-order valence-corrected chi connectivity index (χ2v) is 7.09. The van der Waals surface area contributed by atoms with Crippen LogP contribution in [0.4, 0.5) is 8.78 Å². The first kappa shape index (κ1) is 21.1. The molecule has 2 N–H and O–H groups in total. The molecule has 1 saturated heterocycles. The lowest BCUT2D eigenvalue weighted by Gasteiger charge is -2.39. The number of piperazine rings is 1. The number of nitrogens with zero attached hydrogens (tertiary/aromatic N) is 3. The van der Waals surface area contributed by atoms with Crippen molar-refractivity contribution in [3.63, 3.8) is 0 Å². The summed E-state index contributed by atoms with van der Waals surface area (Å²) in [5.74, 6) is -1.56. The number of nitrogens with one attached hydrogen (secondary N) is 2. The SMILES string of the molecule is CNC(=O)c1cc(-c2cc(C3CNC(CF)CN3C(C)=O)cc(Cl)n2)cc(F)n1. The molecular formula is C19H20ClF2N5O2. The Balaban J connectivity index is 2.02. The summed E-state index contributed by atoms with van der Waals surface area (Å²) in [6.45, 7) is 1.39. The third-order valence-corrected chi connectivity index (χ3v) is 4.93. The van der Waals surface area contributed by atoms with Gasteiger partial charge in [-0.2, -0.15) is 4.39 Å². The number of halogens is 3. The Morgan fingerprint density at radius 1 is 1.31 bits per heavy atom. The minimum Gasteiger partial charge on any atom is -0.354 e. The van der Waals surface area contributed by atoms with E-state index in [1.165, 1.54) is 20.0 Å². The smallest absolute Gasteiger partial charge is 0.269 e. The van der Waals surface area contributed by atoms with Crippen molar-refractivity contribution in [3.05, 3.63) is 46.6 Å². The summed E-state index contributed by atoms with van der Waals surface area (Å²) >= 11 is 6.19. The fourth-order valence-electron chi connectivity index (χ4n) is 3.31. The van der Waals surface area contributed by atoms with Gasteiger partial charge in [0.2, 0.25) is 11.9 Å². The van der Waals surface area contributed by atoms with E-state index in [0.29, 0.717) is 23.4 Å². The lowest BCUT2D eigenvalue weighted by atomic mass is 9.99. The fourth-order valence-corrected chi connectivity index (χ4v) is 3.53. The number of hydrogen-bond donors (Lipinski definition) is 2. The van der Waals surface area contributed by atoms with Crippen LogP contribution in [0.3, 0.4) is 0 Å². The molecule has 0 radical (unpaired) electrons. The molecule has 2 aromatic heterocycles. The Hall–Kier alpha value is -2.65. The third-order valence-electron chi connectivity index (χ3n) is 4.73. The predicted octanol–water partition coefficient (Wildman–Crippen LogP) is 2.13. The van der Waals surface area contributed by atoms with Crippen molar-refractivity contribution in [3.8, 4) is 11.3 Å². The minimum atomic E-state index is -0.833. The Morgan fingerprint density at radius 2 is 2.07 bits per heavy atom. The highest BCUT2D eigenvalue weighted by Gasteiger charge is 2.31. The molecule has 3 heterocycles. The van der Waals surface area contributed by atoms with Gasteiger partial charge in [0.1, 0.15) is 17.5 Å². The molecule has 1 aliphatic rings. The topological polar surface area (TPSA) is 87.2 Å². The van der Waals surface area contributed by atoms with Crippen molar-refractivity contribution in [2.75, 3.05) is 26.8 Å². The largest absolute Gasteiger partial charge is 0.354 e. The maximum Gasteiger partial charge on any atom is 0.269 e. The average molecular weight is 424 g/mol. The van der Waals surface area contributed by atoms with E-state index in [2.05, 4.69) is 20.6 Å². The van der Waals surface area contributed by atoms with Crippen LogP contribution in [0.25, 0.3) is 11.3 Å². The summed E-state index contributed by atoms with van der Waals surface area (Å²) in [4.78, 5) is 33.3. The van der Waals surface area contributed by atoms with E-state index < -0.39 is 24.6 Å². The van der Waals surface area contributed by atoms with E-state index in [0.717, 1.165) is 6.07 Å². The van der Waals surface area contributed by atoms with Gasteiger partial charge >= 0.3 is 0 Å². The van der Waals surface area contributed by atoms with E-state index in [-0.39, 0.29) is 29.3 Å². The van der Waals surface area contributed by atoms with Gasteiger partial charge in [0.15, 0.2) is 0 Å². The molecule has 2 amide bonds. The van der Waals surface area contributed by atoms with Crippen molar-refractivity contribution in [1.82, 2.24) is 25.5 Å². The quantitative estimate of drug-likeness (QED) is 0.736. The minimum absolute atomic E-state index is 0.0960. The Bertz CT molecular complexity index is 943. The number of pyridine rings is 2. The van der Waals surface area contributed by atoms with Gasteiger partial charge in [-0.05, 0) is 23.8 Å². The van der Waals surface area contributed by atoms with Gasteiger partial charge in [0.25, 0.3) is 5.91 Å². The first-order chi connectivity index (χ1) is 13.8. The normalized spacial score (nSPS) is 19.1. The molecule has 3 rings (SSSR count). The molecule has 10 heteroatoms. The number of alkyl halides is 1. The number of hydrogen-bond acceptors (Lipinski definition) is 5. The monoisotopic (exact) mass is 423 g/mol. The molecule has 0 aromatic carbocycles. The molecule has 0 bridgehead atoms. The number of amides is 2. The standard InChI is InChI=1S/C19H20ClF2N5O2/c1-10(28)27-9-13(7-21)24-8-16(27)12-4-14(25-17(20)5-12)11-3-15(19(29)23-2)26-18(22)6-11/h3-6,13,16,24H,7-9H2,1-2H3,(H,23,29). The third kappa shape index (κ3) is 4.68. The molecule has 2 atom stereocenters. The van der Waals surface area contributed by atoms with Gasteiger partial charge in [-0.25, -0.2) is 14.4 Å². The van der Waals surface area contributed by atoms with E-state index in [4.69, 9.17) is 11.6 Å². The Morgan fingerprint density at radius 3 is 2.72 bits per heavy atom. The highest BCUT2D eigenvalue weighted by atomic mass is 35.5. The van der Waals surface area contributed by atoms with E-state index >= 15 is 0 Å². The highest BCUT2D eigenvalue weighted by Crippen LogP contribution is 2.30.